The van der Waals surface area contributed by atoms with E-state index >= 15 is 0 Å². The van der Waals surface area contributed by atoms with Gasteiger partial charge in [-0.1, -0.05) is 12.1 Å². The van der Waals surface area contributed by atoms with Crippen LogP contribution in [0.5, 0.6) is 0 Å². The Labute approximate surface area is 166 Å². The third kappa shape index (κ3) is 2.81. The Balaban J connectivity index is 1.37. The first-order valence-corrected chi connectivity index (χ1v) is 11.1. The van der Waals surface area contributed by atoms with E-state index in [9.17, 15) is 4.79 Å². The molecule has 27 heavy (non-hydrogen) atoms. The maximum atomic E-state index is 13.1. The predicted molar refractivity (Wildman–Crippen MR) is 110 cm³/mol. The number of hydrogen-bond donors (Lipinski definition) is 0. The fraction of sp³-hybridized carbons (Fsp3) is 0.300. The van der Waals surface area contributed by atoms with Gasteiger partial charge < -0.3 is 4.90 Å². The summed E-state index contributed by atoms with van der Waals surface area (Å²) in [6.07, 6.45) is 6.85. The average Bonchev–Trinajstić information content (AvgIpc) is 3.46. The number of amides is 1. The van der Waals surface area contributed by atoms with Crippen molar-refractivity contribution in [2.75, 3.05) is 17.7 Å². The highest BCUT2D eigenvalue weighted by molar-refractivity contribution is 7.98. The van der Waals surface area contributed by atoms with Gasteiger partial charge in [0.15, 0.2) is 5.13 Å². The first-order valence-electron chi connectivity index (χ1n) is 9.02. The van der Waals surface area contributed by atoms with Gasteiger partial charge in [-0.2, -0.15) is 0 Å². The van der Waals surface area contributed by atoms with Crippen LogP contribution >= 0.6 is 23.1 Å². The SMILES string of the molecule is CSc1ccccc1N1C(=O)[C@@H]2C[C@H]1CN2Cc1cccn1-c1nccs1. The van der Waals surface area contributed by atoms with E-state index in [0.717, 1.165) is 30.3 Å². The van der Waals surface area contributed by atoms with Gasteiger partial charge in [-0.15, -0.1) is 23.1 Å². The largest absolute Gasteiger partial charge is 0.306 e. The molecule has 0 aliphatic carbocycles. The molecule has 1 aromatic carbocycles. The van der Waals surface area contributed by atoms with Gasteiger partial charge in [0.05, 0.1) is 17.8 Å². The van der Waals surface area contributed by atoms with E-state index in [1.54, 1.807) is 23.1 Å². The second-order valence-corrected chi connectivity index (χ2v) is 8.62. The molecule has 4 heterocycles. The van der Waals surface area contributed by atoms with Crippen molar-refractivity contribution < 1.29 is 4.79 Å². The monoisotopic (exact) mass is 396 g/mol. The zero-order chi connectivity index (χ0) is 18.4. The Hall–Kier alpha value is -2.09. The Bertz CT molecular complexity index is 968. The van der Waals surface area contributed by atoms with E-state index < -0.39 is 0 Å². The van der Waals surface area contributed by atoms with Crippen molar-refractivity contribution in [1.82, 2.24) is 14.5 Å². The molecule has 0 spiro atoms. The first kappa shape index (κ1) is 17.0. The second-order valence-electron chi connectivity index (χ2n) is 6.90. The maximum Gasteiger partial charge on any atom is 0.244 e. The van der Waals surface area contributed by atoms with E-state index in [1.807, 2.05) is 40.9 Å². The zero-order valence-corrected chi connectivity index (χ0v) is 16.6. The summed E-state index contributed by atoms with van der Waals surface area (Å²) in [5.74, 6) is 0.236. The molecule has 0 saturated carbocycles. The molecule has 0 N–H and O–H groups in total. The van der Waals surface area contributed by atoms with Gasteiger partial charge in [0.1, 0.15) is 0 Å². The first-order chi connectivity index (χ1) is 13.3. The highest BCUT2D eigenvalue weighted by atomic mass is 32.2. The van der Waals surface area contributed by atoms with E-state index in [2.05, 4.69) is 38.9 Å². The second kappa shape index (κ2) is 6.82. The Morgan fingerprint density at radius 3 is 2.93 bits per heavy atom. The molecular weight excluding hydrogens is 376 g/mol. The molecule has 5 rings (SSSR count). The van der Waals surface area contributed by atoms with Gasteiger partial charge >= 0.3 is 0 Å². The van der Waals surface area contributed by atoms with Crippen molar-refractivity contribution in [2.24, 2.45) is 0 Å². The number of anilines is 1. The van der Waals surface area contributed by atoms with Crippen LogP contribution in [-0.4, -0.2) is 45.2 Å². The summed E-state index contributed by atoms with van der Waals surface area (Å²) in [5, 5.41) is 2.96. The average molecular weight is 397 g/mol. The van der Waals surface area contributed by atoms with Crippen LogP contribution in [0, 0.1) is 0 Å². The quantitative estimate of drug-likeness (QED) is 0.618. The van der Waals surface area contributed by atoms with Crippen molar-refractivity contribution >= 4 is 34.7 Å². The minimum atomic E-state index is -0.0236. The van der Waals surface area contributed by atoms with E-state index in [0.29, 0.717) is 0 Å². The maximum absolute atomic E-state index is 13.1. The molecule has 3 aromatic rings. The summed E-state index contributed by atoms with van der Waals surface area (Å²) >= 11 is 3.33. The molecular formula is C20H20N4OS2. The summed E-state index contributed by atoms with van der Waals surface area (Å²) in [5.41, 5.74) is 2.25. The summed E-state index contributed by atoms with van der Waals surface area (Å²) < 4.78 is 2.13. The highest BCUT2D eigenvalue weighted by Gasteiger charge is 2.50. The molecule has 2 fully saturated rings. The molecule has 5 nitrogen and oxygen atoms in total. The van der Waals surface area contributed by atoms with E-state index in [-0.39, 0.29) is 18.0 Å². The van der Waals surface area contributed by atoms with E-state index in [1.165, 1.54) is 10.6 Å². The number of fused-ring (bicyclic) bond motifs is 2. The number of para-hydroxylation sites is 1. The van der Waals surface area contributed by atoms with Crippen LogP contribution in [0.25, 0.3) is 5.13 Å². The third-order valence-electron chi connectivity index (χ3n) is 5.44. The fourth-order valence-electron chi connectivity index (χ4n) is 4.26. The van der Waals surface area contributed by atoms with Crippen LogP contribution < -0.4 is 4.90 Å². The number of thioether (sulfide) groups is 1. The number of thiazole rings is 1. The molecule has 2 bridgehead atoms. The number of carbonyl (C=O) groups is 1. The molecule has 2 aromatic heterocycles. The standard InChI is InChI=1S/C20H20N4OS2/c1-26-18-7-3-2-6-16(18)24-15-11-17(19(24)25)22(13-15)12-14-5-4-9-23(14)20-21-8-10-27-20/h2-10,15,17H,11-13H2,1H3/t15-,17-/m0/s1. The topological polar surface area (TPSA) is 41.4 Å². The molecule has 2 aliphatic heterocycles. The molecule has 2 saturated heterocycles. The Kier molecular flexibility index (Phi) is 4.30. The number of carbonyl (C=O) groups excluding carboxylic acids is 1. The fourth-order valence-corrected chi connectivity index (χ4v) is 5.50. The Morgan fingerprint density at radius 1 is 1.26 bits per heavy atom. The normalized spacial score (nSPS) is 22.1. The number of piperazine rings is 1. The zero-order valence-electron chi connectivity index (χ0n) is 15.0. The van der Waals surface area contributed by atoms with Crippen molar-refractivity contribution in [2.45, 2.75) is 29.9 Å². The lowest BCUT2D eigenvalue weighted by atomic mass is 10.2. The van der Waals surface area contributed by atoms with Crippen molar-refractivity contribution in [1.29, 1.82) is 0 Å². The molecule has 2 aliphatic rings. The number of aromatic nitrogens is 2. The van der Waals surface area contributed by atoms with Gasteiger partial charge in [0, 0.05) is 41.5 Å². The van der Waals surface area contributed by atoms with Gasteiger partial charge in [-0.05, 0) is 36.9 Å². The minimum absolute atomic E-state index is 0.0236. The predicted octanol–water partition coefficient (Wildman–Crippen LogP) is 3.65. The number of likely N-dealkylation sites (tertiary alicyclic amines) is 1. The molecule has 1 amide bonds. The number of benzene rings is 1. The van der Waals surface area contributed by atoms with Gasteiger partial charge in [0.25, 0.3) is 0 Å². The molecule has 2 atom stereocenters. The minimum Gasteiger partial charge on any atom is -0.306 e. The van der Waals surface area contributed by atoms with Crippen LogP contribution in [0.2, 0.25) is 0 Å². The summed E-state index contributed by atoms with van der Waals surface area (Å²) in [6, 6.07) is 12.6. The van der Waals surface area contributed by atoms with E-state index in [4.69, 9.17) is 0 Å². The number of hydrogen-bond acceptors (Lipinski definition) is 5. The molecule has 0 unspecified atom stereocenters. The van der Waals surface area contributed by atoms with Crippen molar-refractivity contribution in [3.05, 3.63) is 59.9 Å². The number of rotatable bonds is 5. The van der Waals surface area contributed by atoms with Crippen LogP contribution in [0.1, 0.15) is 12.1 Å². The lowest BCUT2D eigenvalue weighted by molar-refractivity contribution is -0.122. The Morgan fingerprint density at radius 2 is 2.15 bits per heavy atom. The van der Waals surface area contributed by atoms with Crippen LogP contribution in [0.4, 0.5) is 5.69 Å². The van der Waals surface area contributed by atoms with Gasteiger partial charge in [0.2, 0.25) is 5.91 Å². The van der Waals surface area contributed by atoms with Crippen molar-refractivity contribution in [3.8, 4) is 5.13 Å². The number of nitrogens with zero attached hydrogens (tertiary/aromatic N) is 4. The third-order valence-corrected chi connectivity index (χ3v) is 6.99. The lowest BCUT2D eigenvalue weighted by Crippen LogP contribution is -2.50. The van der Waals surface area contributed by atoms with Crippen molar-refractivity contribution in [3.63, 3.8) is 0 Å². The summed E-state index contributed by atoms with van der Waals surface area (Å²) in [6.45, 7) is 1.69. The van der Waals surface area contributed by atoms with Gasteiger partial charge in [-0.3, -0.25) is 14.3 Å². The molecule has 138 valence electrons. The lowest BCUT2D eigenvalue weighted by Gasteiger charge is -2.34. The highest BCUT2D eigenvalue weighted by Crippen LogP contribution is 2.40. The van der Waals surface area contributed by atoms with Crippen LogP contribution in [-0.2, 0) is 11.3 Å². The molecule has 0 radical (unpaired) electrons. The van der Waals surface area contributed by atoms with Crippen LogP contribution in [0.15, 0.2) is 59.1 Å². The summed E-state index contributed by atoms with van der Waals surface area (Å²) in [7, 11) is 0. The van der Waals surface area contributed by atoms with Crippen LogP contribution in [0.3, 0.4) is 0 Å². The smallest absolute Gasteiger partial charge is 0.244 e. The van der Waals surface area contributed by atoms with Gasteiger partial charge in [-0.25, -0.2) is 4.98 Å². The molecule has 7 heteroatoms. The summed E-state index contributed by atoms with van der Waals surface area (Å²) in [4.78, 5) is 23.1.